The summed E-state index contributed by atoms with van der Waals surface area (Å²) in [5.41, 5.74) is 6.33. The summed E-state index contributed by atoms with van der Waals surface area (Å²) in [6.07, 6.45) is 3.75. The fraction of sp³-hybridized carbons (Fsp3) is 0.538. The normalized spacial score (nSPS) is 24.3. The first-order valence-corrected chi connectivity index (χ1v) is 6.14. The molecule has 17 heavy (non-hydrogen) atoms. The number of primary amides is 1. The molecule has 0 aliphatic heterocycles. The van der Waals surface area contributed by atoms with E-state index in [2.05, 4.69) is 10.3 Å². The lowest BCUT2D eigenvalue weighted by atomic mass is 9.85. The molecule has 4 heteroatoms. The van der Waals surface area contributed by atoms with Crippen molar-refractivity contribution in [3.8, 4) is 0 Å². The van der Waals surface area contributed by atoms with E-state index >= 15 is 0 Å². The SMILES string of the molecule is Cc1cccc(NC2CCC(C(N)=O)CC2)n1. The molecule has 0 saturated heterocycles. The first-order chi connectivity index (χ1) is 8.15. The van der Waals surface area contributed by atoms with Crippen LogP contribution in [0.5, 0.6) is 0 Å². The fourth-order valence-corrected chi connectivity index (χ4v) is 2.35. The van der Waals surface area contributed by atoms with E-state index in [1.165, 1.54) is 0 Å². The summed E-state index contributed by atoms with van der Waals surface area (Å²) in [6, 6.07) is 6.38. The zero-order valence-electron chi connectivity index (χ0n) is 10.1. The average molecular weight is 233 g/mol. The minimum Gasteiger partial charge on any atom is -0.369 e. The summed E-state index contributed by atoms with van der Waals surface area (Å²) in [6.45, 7) is 1.98. The number of carbonyl (C=O) groups excluding carboxylic acids is 1. The van der Waals surface area contributed by atoms with Crippen LogP contribution in [0.3, 0.4) is 0 Å². The fourth-order valence-electron chi connectivity index (χ4n) is 2.35. The molecule has 0 atom stereocenters. The monoisotopic (exact) mass is 233 g/mol. The Morgan fingerprint density at radius 3 is 2.65 bits per heavy atom. The van der Waals surface area contributed by atoms with Crippen LogP contribution in [0.1, 0.15) is 31.4 Å². The standard InChI is InChI=1S/C13H19N3O/c1-9-3-2-4-12(15-9)16-11-7-5-10(6-8-11)13(14)17/h2-4,10-11H,5-8H2,1H3,(H2,14,17)(H,15,16). The molecule has 1 aromatic heterocycles. The lowest BCUT2D eigenvalue weighted by Crippen LogP contribution is -2.32. The molecule has 0 unspecified atom stereocenters. The van der Waals surface area contributed by atoms with Gasteiger partial charge in [0, 0.05) is 17.7 Å². The van der Waals surface area contributed by atoms with Crippen LogP contribution in [-0.4, -0.2) is 16.9 Å². The number of pyridine rings is 1. The van der Waals surface area contributed by atoms with Crippen molar-refractivity contribution >= 4 is 11.7 Å². The quantitative estimate of drug-likeness (QED) is 0.837. The molecule has 0 bridgehead atoms. The van der Waals surface area contributed by atoms with Crippen molar-refractivity contribution in [1.82, 2.24) is 4.98 Å². The molecular weight excluding hydrogens is 214 g/mol. The van der Waals surface area contributed by atoms with Gasteiger partial charge in [-0.2, -0.15) is 0 Å². The third-order valence-electron chi connectivity index (χ3n) is 3.37. The lowest BCUT2D eigenvalue weighted by Gasteiger charge is -2.27. The van der Waals surface area contributed by atoms with Crippen LogP contribution in [0.25, 0.3) is 0 Å². The highest BCUT2D eigenvalue weighted by Crippen LogP contribution is 2.25. The van der Waals surface area contributed by atoms with Gasteiger partial charge in [-0.1, -0.05) is 6.07 Å². The summed E-state index contributed by atoms with van der Waals surface area (Å²) >= 11 is 0. The number of aryl methyl sites for hydroxylation is 1. The number of hydrogen-bond donors (Lipinski definition) is 2. The van der Waals surface area contributed by atoms with Crippen LogP contribution in [0.15, 0.2) is 18.2 Å². The maximum Gasteiger partial charge on any atom is 0.220 e. The smallest absolute Gasteiger partial charge is 0.220 e. The molecular formula is C13H19N3O. The van der Waals surface area contributed by atoms with Gasteiger partial charge in [0.05, 0.1) is 0 Å². The molecule has 0 radical (unpaired) electrons. The van der Waals surface area contributed by atoms with Crippen molar-refractivity contribution in [2.24, 2.45) is 11.7 Å². The molecule has 0 aromatic carbocycles. The van der Waals surface area contributed by atoms with Gasteiger partial charge >= 0.3 is 0 Å². The Morgan fingerprint density at radius 2 is 2.06 bits per heavy atom. The molecule has 3 N–H and O–H groups in total. The Bertz CT molecular complexity index is 397. The van der Waals surface area contributed by atoms with E-state index in [0.29, 0.717) is 6.04 Å². The molecule has 1 aliphatic carbocycles. The number of hydrogen-bond acceptors (Lipinski definition) is 3. The van der Waals surface area contributed by atoms with E-state index in [4.69, 9.17) is 5.73 Å². The second kappa shape index (κ2) is 5.17. The zero-order chi connectivity index (χ0) is 12.3. The van der Waals surface area contributed by atoms with E-state index < -0.39 is 0 Å². The van der Waals surface area contributed by atoms with Crippen molar-refractivity contribution in [2.45, 2.75) is 38.6 Å². The minimum absolute atomic E-state index is 0.0681. The number of carbonyl (C=O) groups is 1. The Morgan fingerprint density at radius 1 is 1.35 bits per heavy atom. The largest absolute Gasteiger partial charge is 0.369 e. The van der Waals surface area contributed by atoms with Crippen LogP contribution in [0, 0.1) is 12.8 Å². The maximum absolute atomic E-state index is 11.1. The number of amides is 1. The third kappa shape index (κ3) is 3.19. The second-order valence-electron chi connectivity index (χ2n) is 4.76. The molecule has 92 valence electrons. The predicted molar refractivity (Wildman–Crippen MR) is 67.5 cm³/mol. The summed E-state index contributed by atoms with van der Waals surface area (Å²) in [7, 11) is 0. The molecule has 2 rings (SSSR count). The second-order valence-corrected chi connectivity index (χ2v) is 4.76. The van der Waals surface area contributed by atoms with Gasteiger partial charge in [0.25, 0.3) is 0 Å². The Hall–Kier alpha value is -1.58. The molecule has 1 heterocycles. The van der Waals surface area contributed by atoms with Gasteiger partial charge in [-0.15, -0.1) is 0 Å². The van der Waals surface area contributed by atoms with Crippen LogP contribution in [-0.2, 0) is 4.79 Å². The highest BCUT2D eigenvalue weighted by atomic mass is 16.1. The van der Waals surface area contributed by atoms with Gasteiger partial charge < -0.3 is 11.1 Å². The molecule has 1 aromatic rings. The molecule has 1 saturated carbocycles. The van der Waals surface area contributed by atoms with Crippen LogP contribution in [0.4, 0.5) is 5.82 Å². The lowest BCUT2D eigenvalue weighted by molar-refractivity contribution is -0.122. The van der Waals surface area contributed by atoms with Gasteiger partial charge in [0.15, 0.2) is 0 Å². The van der Waals surface area contributed by atoms with Gasteiger partial charge in [-0.25, -0.2) is 4.98 Å². The van der Waals surface area contributed by atoms with Crippen LogP contribution >= 0.6 is 0 Å². The number of aromatic nitrogens is 1. The van der Waals surface area contributed by atoms with E-state index in [0.717, 1.165) is 37.2 Å². The van der Waals surface area contributed by atoms with Crippen molar-refractivity contribution in [1.29, 1.82) is 0 Å². The molecule has 1 fully saturated rings. The van der Waals surface area contributed by atoms with Gasteiger partial charge in [0.2, 0.25) is 5.91 Å². The van der Waals surface area contributed by atoms with Crippen molar-refractivity contribution in [2.75, 3.05) is 5.32 Å². The van der Waals surface area contributed by atoms with Gasteiger partial charge in [-0.3, -0.25) is 4.79 Å². The highest BCUT2D eigenvalue weighted by molar-refractivity contribution is 5.76. The van der Waals surface area contributed by atoms with Crippen molar-refractivity contribution in [3.05, 3.63) is 23.9 Å². The molecule has 1 amide bonds. The summed E-state index contributed by atoms with van der Waals surface area (Å²) in [5.74, 6) is 0.836. The zero-order valence-corrected chi connectivity index (χ0v) is 10.1. The summed E-state index contributed by atoms with van der Waals surface area (Å²) in [4.78, 5) is 15.5. The molecule has 1 aliphatic rings. The third-order valence-corrected chi connectivity index (χ3v) is 3.37. The maximum atomic E-state index is 11.1. The van der Waals surface area contributed by atoms with Crippen molar-refractivity contribution in [3.63, 3.8) is 0 Å². The molecule has 0 spiro atoms. The predicted octanol–water partition coefficient (Wildman–Crippen LogP) is 1.85. The van der Waals surface area contributed by atoms with E-state index in [1.807, 2.05) is 25.1 Å². The van der Waals surface area contributed by atoms with Crippen molar-refractivity contribution < 1.29 is 4.79 Å². The number of nitrogens with zero attached hydrogens (tertiary/aromatic N) is 1. The van der Waals surface area contributed by atoms with E-state index in [1.54, 1.807) is 0 Å². The van der Waals surface area contributed by atoms with Gasteiger partial charge in [0.1, 0.15) is 5.82 Å². The Kier molecular flexibility index (Phi) is 3.61. The van der Waals surface area contributed by atoms with Crippen LogP contribution < -0.4 is 11.1 Å². The summed E-state index contributed by atoms with van der Waals surface area (Å²) in [5, 5.41) is 3.42. The first kappa shape index (κ1) is 11.9. The topological polar surface area (TPSA) is 68.0 Å². The van der Waals surface area contributed by atoms with Crippen LogP contribution in [0.2, 0.25) is 0 Å². The number of rotatable bonds is 3. The average Bonchev–Trinajstić information content (AvgIpc) is 2.29. The Balaban J connectivity index is 1.88. The minimum atomic E-state index is -0.155. The number of nitrogens with two attached hydrogens (primary N) is 1. The molecule has 4 nitrogen and oxygen atoms in total. The first-order valence-electron chi connectivity index (χ1n) is 6.14. The Labute approximate surface area is 102 Å². The van der Waals surface area contributed by atoms with E-state index in [9.17, 15) is 4.79 Å². The van der Waals surface area contributed by atoms with E-state index in [-0.39, 0.29) is 11.8 Å². The highest BCUT2D eigenvalue weighted by Gasteiger charge is 2.24. The summed E-state index contributed by atoms with van der Waals surface area (Å²) < 4.78 is 0. The number of nitrogens with one attached hydrogen (secondary N) is 1. The van der Waals surface area contributed by atoms with Gasteiger partial charge in [-0.05, 0) is 44.7 Å². The number of anilines is 1.